The van der Waals surface area contributed by atoms with Crippen LogP contribution in [-0.4, -0.2) is 10.9 Å². The number of thioether (sulfide) groups is 1. The minimum absolute atomic E-state index is 0.530. The van der Waals surface area contributed by atoms with Crippen LogP contribution in [0.4, 0.5) is 0 Å². The molecule has 0 spiro atoms. The first-order valence-electron chi connectivity index (χ1n) is 7.40. The van der Waals surface area contributed by atoms with E-state index in [1.165, 1.54) is 0 Å². The molecule has 3 aromatic carbocycles. The molecule has 0 aliphatic carbocycles. The third-order valence-electron chi connectivity index (χ3n) is 3.76. The third-order valence-corrected chi connectivity index (χ3v) is 5.18. The second-order valence-corrected chi connectivity index (χ2v) is 6.82. The Balaban J connectivity index is 1.91. The van der Waals surface area contributed by atoms with Crippen molar-refractivity contribution in [2.45, 2.75) is 10.5 Å². The van der Waals surface area contributed by atoms with Crippen molar-refractivity contribution >= 4 is 23.4 Å². The molecule has 0 unspecified atom stereocenters. The molecular formula is C20H17ClOS. The summed E-state index contributed by atoms with van der Waals surface area (Å²) in [6.07, 6.45) is 0. The second-order valence-electron chi connectivity index (χ2n) is 5.33. The first kappa shape index (κ1) is 16.1. The standard InChI is InChI=1S/C20H17ClOS/c21-18-11-13-19(14-12-18)23-15-20(22,16-7-3-1-4-8-16)17-9-5-2-6-10-17/h1-14,22H,15H2. The van der Waals surface area contributed by atoms with Gasteiger partial charge in [0.05, 0.1) is 0 Å². The van der Waals surface area contributed by atoms with Gasteiger partial charge >= 0.3 is 0 Å². The normalized spacial score (nSPS) is 11.4. The van der Waals surface area contributed by atoms with E-state index >= 15 is 0 Å². The van der Waals surface area contributed by atoms with Gasteiger partial charge in [0.25, 0.3) is 0 Å². The largest absolute Gasteiger partial charge is 0.380 e. The maximum Gasteiger partial charge on any atom is 0.124 e. The average Bonchev–Trinajstić information content (AvgIpc) is 2.62. The number of halogens is 1. The summed E-state index contributed by atoms with van der Waals surface area (Å²) >= 11 is 7.55. The van der Waals surface area contributed by atoms with E-state index in [-0.39, 0.29) is 0 Å². The quantitative estimate of drug-likeness (QED) is 0.630. The Hall–Kier alpha value is -1.74. The summed E-state index contributed by atoms with van der Waals surface area (Å²) in [5.74, 6) is 0.530. The van der Waals surface area contributed by atoms with Gasteiger partial charge in [-0.15, -0.1) is 11.8 Å². The van der Waals surface area contributed by atoms with E-state index in [1.807, 2.05) is 84.9 Å². The van der Waals surface area contributed by atoms with Crippen LogP contribution in [0.25, 0.3) is 0 Å². The van der Waals surface area contributed by atoms with E-state index in [9.17, 15) is 5.11 Å². The molecule has 3 rings (SSSR count). The molecule has 0 aliphatic rings. The predicted octanol–water partition coefficient (Wildman–Crippen LogP) is 5.37. The molecule has 1 nitrogen and oxygen atoms in total. The topological polar surface area (TPSA) is 20.2 Å². The summed E-state index contributed by atoms with van der Waals surface area (Å²) in [5, 5.41) is 12.1. The Kier molecular flexibility index (Phi) is 5.06. The molecule has 0 amide bonds. The van der Waals surface area contributed by atoms with Crippen molar-refractivity contribution in [2.24, 2.45) is 0 Å². The Bertz CT molecular complexity index is 702. The fourth-order valence-corrected chi connectivity index (χ4v) is 3.64. The van der Waals surface area contributed by atoms with Gasteiger partial charge in [0, 0.05) is 15.7 Å². The first-order valence-corrected chi connectivity index (χ1v) is 8.77. The van der Waals surface area contributed by atoms with Gasteiger partial charge in [0.1, 0.15) is 5.60 Å². The van der Waals surface area contributed by atoms with Gasteiger partial charge in [-0.3, -0.25) is 0 Å². The maximum atomic E-state index is 11.4. The molecule has 0 bridgehead atoms. The van der Waals surface area contributed by atoms with E-state index in [2.05, 4.69) is 0 Å². The van der Waals surface area contributed by atoms with E-state index in [0.29, 0.717) is 5.75 Å². The van der Waals surface area contributed by atoms with Crippen LogP contribution in [0.15, 0.2) is 89.8 Å². The van der Waals surface area contributed by atoms with Crippen LogP contribution in [0, 0.1) is 0 Å². The highest BCUT2D eigenvalue weighted by molar-refractivity contribution is 7.99. The number of aliphatic hydroxyl groups is 1. The monoisotopic (exact) mass is 340 g/mol. The van der Waals surface area contributed by atoms with Crippen molar-refractivity contribution in [1.82, 2.24) is 0 Å². The summed E-state index contributed by atoms with van der Waals surface area (Å²) in [7, 11) is 0. The van der Waals surface area contributed by atoms with Crippen LogP contribution >= 0.6 is 23.4 Å². The highest BCUT2D eigenvalue weighted by Gasteiger charge is 2.31. The second kappa shape index (κ2) is 7.22. The van der Waals surface area contributed by atoms with Crippen molar-refractivity contribution < 1.29 is 5.11 Å². The lowest BCUT2D eigenvalue weighted by Gasteiger charge is -2.29. The lowest BCUT2D eigenvalue weighted by Crippen LogP contribution is -2.30. The summed E-state index contributed by atoms with van der Waals surface area (Å²) in [6, 6.07) is 27.3. The number of hydrogen-bond donors (Lipinski definition) is 1. The van der Waals surface area contributed by atoms with Crippen molar-refractivity contribution in [1.29, 1.82) is 0 Å². The summed E-state index contributed by atoms with van der Waals surface area (Å²) in [6.45, 7) is 0. The molecule has 23 heavy (non-hydrogen) atoms. The molecule has 3 heteroatoms. The molecule has 1 N–H and O–H groups in total. The maximum absolute atomic E-state index is 11.4. The molecule has 0 atom stereocenters. The van der Waals surface area contributed by atoms with Gasteiger partial charge in [-0.25, -0.2) is 0 Å². The number of rotatable bonds is 5. The summed E-state index contributed by atoms with van der Waals surface area (Å²) in [4.78, 5) is 1.08. The summed E-state index contributed by atoms with van der Waals surface area (Å²) in [5.41, 5.74) is 0.757. The average molecular weight is 341 g/mol. The van der Waals surface area contributed by atoms with Gasteiger partial charge in [0.15, 0.2) is 0 Å². The van der Waals surface area contributed by atoms with Crippen LogP contribution in [-0.2, 0) is 5.60 Å². The van der Waals surface area contributed by atoms with Crippen molar-refractivity contribution in [3.8, 4) is 0 Å². The number of hydrogen-bond acceptors (Lipinski definition) is 2. The molecule has 0 saturated carbocycles. The molecular weight excluding hydrogens is 324 g/mol. The molecule has 0 fully saturated rings. The molecule has 0 heterocycles. The highest BCUT2D eigenvalue weighted by Crippen LogP contribution is 2.35. The number of benzene rings is 3. The van der Waals surface area contributed by atoms with Gasteiger partial charge in [-0.1, -0.05) is 72.3 Å². The third kappa shape index (κ3) is 3.78. The molecule has 0 aromatic heterocycles. The smallest absolute Gasteiger partial charge is 0.124 e. The van der Waals surface area contributed by atoms with Gasteiger partial charge < -0.3 is 5.11 Å². The van der Waals surface area contributed by atoms with Crippen LogP contribution in [0.2, 0.25) is 5.02 Å². The Morgan fingerprint density at radius 2 is 1.22 bits per heavy atom. The Labute approximate surface area is 145 Å². The van der Waals surface area contributed by atoms with Crippen LogP contribution in [0.3, 0.4) is 0 Å². The lowest BCUT2D eigenvalue weighted by atomic mass is 9.88. The van der Waals surface area contributed by atoms with Gasteiger partial charge in [0.2, 0.25) is 0 Å². The van der Waals surface area contributed by atoms with Crippen molar-refractivity contribution in [3.05, 3.63) is 101 Å². The first-order chi connectivity index (χ1) is 11.2. The SMILES string of the molecule is OC(CSc1ccc(Cl)cc1)(c1ccccc1)c1ccccc1. The molecule has 0 radical (unpaired) electrons. The predicted molar refractivity (Wildman–Crippen MR) is 98.1 cm³/mol. The van der Waals surface area contributed by atoms with E-state index in [4.69, 9.17) is 11.6 Å². The van der Waals surface area contributed by atoms with Crippen LogP contribution in [0.5, 0.6) is 0 Å². The fraction of sp³-hybridized carbons (Fsp3) is 0.100. The van der Waals surface area contributed by atoms with E-state index in [1.54, 1.807) is 11.8 Å². The fourth-order valence-electron chi connectivity index (χ4n) is 2.48. The van der Waals surface area contributed by atoms with Crippen LogP contribution < -0.4 is 0 Å². The molecule has 3 aromatic rings. The van der Waals surface area contributed by atoms with Crippen LogP contribution in [0.1, 0.15) is 11.1 Å². The lowest BCUT2D eigenvalue weighted by molar-refractivity contribution is 0.107. The summed E-state index contributed by atoms with van der Waals surface area (Å²) < 4.78 is 0. The Morgan fingerprint density at radius 3 is 1.70 bits per heavy atom. The minimum Gasteiger partial charge on any atom is -0.380 e. The molecule has 0 aliphatic heterocycles. The molecule has 0 saturated heterocycles. The zero-order chi connectivity index (χ0) is 16.1. The highest BCUT2D eigenvalue weighted by atomic mass is 35.5. The Morgan fingerprint density at radius 1 is 0.739 bits per heavy atom. The van der Waals surface area contributed by atoms with Crippen molar-refractivity contribution in [2.75, 3.05) is 5.75 Å². The van der Waals surface area contributed by atoms with E-state index < -0.39 is 5.60 Å². The van der Waals surface area contributed by atoms with Gasteiger partial charge in [-0.2, -0.15) is 0 Å². The van der Waals surface area contributed by atoms with Gasteiger partial charge in [-0.05, 0) is 35.4 Å². The minimum atomic E-state index is -1.03. The van der Waals surface area contributed by atoms with Crippen molar-refractivity contribution in [3.63, 3.8) is 0 Å². The zero-order valence-corrected chi connectivity index (χ0v) is 14.1. The zero-order valence-electron chi connectivity index (χ0n) is 12.5. The molecule has 116 valence electrons. The van der Waals surface area contributed by atoms with E-state index in [0.717, 1.165) is 21.0 Å².